The number of pyridine rings is 1. The van der Waals surface area contributed by atoms with Crippen LogP contribution in [0.3, 0.4) is 0 Å². The number of hydrogen-bond acceptors (Lipinski definition) is 4. The third-order valence-electron chi connectivity index (χ3n) is 2.12. The van der Waals surface area contributed by atoms with Gasteiger partial charge >= 0.3 is 0 Å². The largest absolute Gasteiger partial charge is 0.489 e. The van der Waals surface area contributed by atoms with Gasteiger partial charge in [-0.2, -0.15) is 0 Å². The SMILES string of the molecule is CCNCc1ccncc1OCCOCC. The van der Waals surface area contributed by atoms with Crippen LogP contribution >= 0.6 is 0 Å². The highest BCUT2D eigenvalue weighted by atomic mass is 16.5. The molecule has 90 valence electrons. The minimum Gasteiger partial charge on any atom is -0.489 e. The third kappa shape index (κ3) is 4.59. The van der Waals surface area contributed by atoms with Crippen LogP contribution in [-0.4, -0.2) is 31.3 Å². The Labute approximate surface area is 97.0 Å². The fraction of sp³-hybridized carbons (Fsp3) is 0.583. The van der Waals surface area contributed by atoms with E-state index in [2.05, 4.69) is 17.2 Å². The Kier molecular flexibility index (Phi) is 6.53. The third-order valence-corrected chi connectivity index (χ3v) is 2.12. The van der Waals surface area contributed by atoms with Crippen molar-refractivity contribution in [1.29, 1.82) is 0 Å². The highest BCUT2D eigenvalue weighted by Gasteiger charge is 2.02. The van der Waals surface area contributed by atoms with Crippen LogP contribution < -0.4 is 10.1 Å². The van der Waals surface area contributed by atoms with Crippen LogP contribution in [0.1, 0.15) is 19.4 Å². The van der Waals surface area contributed by atoms with Crippen molar-refractivity contribution in [2.45, 2.75) is 20.4 Å². The quantitative estimate of drug-likeness (QED) is 0.681. The average molecular weight is 224 g/mol. The van der Waals surface area contributed by atoms with Crippen molar-refractivity contribution in [3.63, 3.8) is 0 Å². The van der Waals surface area contributed by atoms with E-state index in [1.165, 1.54) is 0 Å². The zero-order chi connectivity index (χ0) is 11.6. The average Bonchev–Trinajstić information content (AvgIpc) is 2.33. The van der Waals surface area contributed by atoms with Crippen molar-refractivity contribution in [3.05, 3.63) is 24.0 Å². The van der Waals surface area contributed by atoms with E-state index in [-0.39, 0.29) is 0 Å². The normalized spacial score (nSPS) is 10.4. The topological polar surface area (TPSA) is 43.4 Å². The number of nitrogens with zero attached hydrogens (tertiary/aromatic N) is 1. The minimum absolute atomic E-state index is 0.568. The maximum Gasteiger partial charge on any atom is 0.142 e. The van der Waals surface area contributed by atoms with E-state index in [9.17, 15) is 0 Å². The first-order valence-corrected chi connectivity index (χ1v) is 5.72. The molecule has 1 heterocycles. The van der Waals surface area contributed by atoms with Crippen molar-refractivity contribution >= 4 is 0 Å². The van der Waals surface area contributed by atoms with Gasteiger partial charge in [-0.05, 0) is 19.5 Å². The minimum atomic E-state index is 0.568. The molecule has 0 bridgehead atoms. The van der Waals surface area contributed by atoms with Gasteiger partial charge in [-0.15, -0.1) is 0 Å². The van der Waals surface area contributed by atoms with Crippen molar-refractivity contribution in [3.8, 4) is 5.75 Å². The van der Waals surface area contributed by atoms with Crippen LogP contribution in [0.5, 0.6) is 5.75 Å². The summed E-state index contributed by atoms with van der Waals surface area (Å²) in [5.74, 6) is 0.836. The monoisotopic (exact) mass is 224 g/mol. The van der Waals surface area contributed by atoms with Crippen LogP contribution in [0, 0.1) is 0 Å². The highest BCUT2D eigenvalue weighted by Crippen LogP contribution is 2.15. The molecule has 0 aliphatic heterocycles. The first-order valence-electron chi connectivity index (χ1n) is 5.72. The Morgan fingerprint density at radius 1 is 1.31 bits per heavy atom. The lowest BCUT2D eigenvalue weighted by Crippen LogP contribution is -2.14. The van der Waals surface area contributed by atoms with E-state index < -0.39 is 0 Å². The van der Waals surface area contributed by atoms with Gasteiger partial charge in [-0.25, -0.2) is 0 Å². The van der Waals surface area contributed by atoms with E-state index >= 15 is 0 Å². The standard InChI is InChI=1S/C12H20N2O2/c1-3-13-9-11-5-6-14-10-12(11)16-8-7-15-4-2/h5-6,10,13H,3-4,7-9H2,1-2H3. The van der Waals surface area contributed by atoms with Gasteiger partial charge in [-0.3, -0.25) is 4.98 Å². The molecule has 1 aromatic heterocycles. The molecular weight excluding hydrogens is 204 g/mol. The molecule has 0 aliphatic rings. The summed E-state index contributed by atoms with van der Waals surface area (Å²) in [6.45, 7) is 7.71. The maximum atomic E-state index is 5.61. The molecular formula is C12H20N2O2. The molecule has 1 N–H and O–H groups in total. The number of aromatic nitrogens is 1. The molecule has 1 aromatic rings. The van der Waals surface area contributed by atoms with E-state index in [0.717, 1.165) is 31.0 Å². The van der Waals surface area contributed by atoms with Crippen LogP contribution in [0.15, 0.2) is 18.5 Å². The number of hydrogen-bond donors (Lipinski definition) is 1. The number of ether oxygens (including phenoxy) is 2. The Hall–Kier alpha value is -1.13. The first kappa shape index (κ1) is 12.9. The van der Waals surface area contributed by atoms with Gasteiger partial charge in [0.15, 0.2) is 0 Å². The van der Waals surface area contributed by atoms with Gasteiger partial charge in [0.2, 0.25) is 0 Å². The number of rotatable bonds is 8. The molecule has 0 atom stereocenters. The summed E-state index contributed by atoms with van der Waals surface area (Å²) in [6, 6.07) is 1.97. The molecule has 0 amide bonds. The fourth-order valence-corrected chi connectivity index (χ4v) is 1.30. The Morgan fingerprint density at radius 2 is 2.19 bits per heavy atom. The molecule has 0 aromatic carbocycles. The predicted octanol–water partition coefficient (Wildman–Crippen LogP) is 1.61. The van der Waals surface area contributed by atoms with E-state index in [1.54, 1.807) is 12.4 Å². The highest BCUT2D eigenvalue weighted by molar-refractivity contribution is 5.29. The molecule has 0 aliphatic carbocycles. The van der Waals surface area contributed by atoms with Crippen LogP contribution in [0.25, 0.3) is 0 Å². The van der Waals surface area contributed by atoms with Crippen LogP contribution in [-0.2, 0) is 11.3 Å². The van der Waals surface area contributed by atoms with Gasteiger partial charge in [0.25, 0.3) is 0 Å². The Bertz CT molecular complexity index is 292. The summed E-state index contributed by atoms with van der Waals surface area (Å²) < 4.78 is 10.8. The van der Waals surface area contributed by atoms with Crippen molar-refractivity contribution < 1.29 is 9.47 Å². The Balaban J connectivity index is 2.43. The second-order valence-corrected chi connectivity index (χ2v) is 3.31. The van der Waals surface area contributed by atoms with Crippen LogP contribution in [0.4, 0.5) is 0 Å². The first-order chi connectivity index (χ1) is 7.88. The fourth-order valence-electron chi connectivity index (χ4n) is 1.30. The maximum absolute atomic E-state index is 5.61. The lowest BCUT2D eigenvalue weighted by atomic mass is 10.2. The zero-order valence-electron chi connectivity index (χ0n) is 10.0. The van der Waals surface area contributed by atoms with Crippen molar-refractivity contribution in [2.24, 2.45) is 0 Å². The molecule has 4 nitrogen and oxygen atoms in total. The Morgan fingerprint density at radius 3 is 2.94 bits per heavy atom. The summed E-state index contributed by atoms with van der Waals surface area (Å²) in [4.78, 5) is 4.06. The molecule has 1 rings (SSSR count). The van der Waals surface area contributed by atoms with E-state index in [1.807, 2.05) is 13.0 Å². The second-order valence-electron chi connectivity index (χ2n) is 3.31. The van der Waals surface area contributed by atoms with Gasteiger partial charge in [0.05, 0.1) is 12.8 Å². The molecule has 4 heteroatoms. The lowest BCUT2D eigenvalue weighted by molar-refractivity contribution is 0.109. The predicted molar refractivity (Wildman–Crippen MR) is 63.6 cm³/mol. The van der Waals surface area contributed by atoms with Gasteiger partial charge in [-0.1, -0.05) is 6.92 Å². The van der Waals surface area contributed by atoms with Crippen LogP contribution in [0.2, 0.25) is 0 Å². The molecule has 0 fully saturated rings. The van der Waals surface area contributed by atoms with Gasteiger partial charge < -0.3 is 14.8 Å². The van der Waals surface area contributed by atoms with Gasteiger partial charge in [0, 0.05) is 24.9 Å². The second kappa shape index (κ2) is 8.07. The molecule has 0 unspecified atom stereocenters. The summed E-state index contributed by atoms with van der Waals surface area (Å²) >= 11 is 0. The number of nitrogens with one attached hydrogen (secondary N) is 1. The molecule has 0 saturated carbocycles. The summed E-state index contributed by atoms with van der Waals surface area (Å²) in [5, 5.41) is 3.27. The van der Waals surface area contributed by atoms with Gasteiger partial charge in [0.1, 0.15) is 12.4 Å². The molecule has 0 spiro atoms. The molecule has 0 saturated heterocycles. The van der Waals surface area contributed by atoms with E-state index in [4.69, 9.17) is 9.47 Å². The zero-order valence-corrected chi connectivity index (χ0v) is 10.0. The molecule has 0 radical (unpaired) electrons. The van der Waals surface area contributed by atoms with E-state index in [0.29, 0.717) is 13.2 Å². The summed E-state index contributed by atoms with van der Waals surface area (Å²) in [7, 11) is 0. The summed E-state index contributed by atoms with van der Waals surface area (Å²) in [6.07, 6.45) is 3.53. The van der Waals surface area contributed by atoms with Crippen molar-refractivity contribution in [1.82, 2.24) is 10.3 Å². The summed E-state index contributed by atoms with van der Waals surface area (Å²) in [5.41, 5.74) is 1.13. The van der Waals surface area contributed by atoms with Crippen molar-refractivity contribution in [2.75, 3.05) is 26.4 Å². The molecule has 16 heavy (non-hydrogen) atoms. The smallest absolute Gasteiger partial charge is 0.142 e. The lowest BCUT2D eigenvalue weighted by Gasteiger charge is -2.10.